The Morgan fingerprint density at radius 3 is 2.68 bits per heavy atom. The van der Waals surface area contributed by atoms with E-state index < -0.39 is 0 Å². The summed E-state index contributed by atoms with van der Waals surface area (Å²) in [5.74, 6) is 0.216. The SMILES string of the molecule is Cc1cccc(-c2csc(NC(=O)c3ccc(OCC(=O)N4CCOCC4)cc3)n2)c1. The fourth-order valence-electron chi connectivity index (χ4n) is 3.19. The predicted molar refractivity (Wildman–Crippen MR) is 120 cm³/mol. The average molecular weight is 438 g/mol. The van der Waals surface area contributed by atoms with Crippen LogP contribution in [0.1, 0.15) is 15.9 Å². The lowest BCUT2D eigenvalue weighted by Gasteiger charge is -2.26. The standard InChI is InChI=1S/C23H23N3O4S/c1-16-3-2-4-18(13-16)20-15-31-23(24-20)25-22(28)17-5-7-19(8-6-17)30-14-21(27)26-9-11-29-12-10-26/h2-8,13,15H,9-12,14H2,1H3,(H,24,25,28). The lowest BCUT2D eigenvalue weighted by molar-refractivity contribution is -0.137. The maximum absolute atomic E-state index is 12.5. The minimum Gasteiger partial charge on any atom is -0.484 e. The summed E-state index contributed by atoms with van der Waals surface area (Å²) >= 11 is 1.38. The van der Waals surface area contributed by atoms with Gasteiger partial charge in [-0.3, -0.25) is 14.9 Å². The van der Waals surface area contributed by atoms with Gasteiger partial charge in [0.2, 0.25) is 0 Å². The van der Waals surface area contributed by atoms with Gasteiger partial charge in [-0.15, -0.1) is 11.3 Å². The van der Waals surface area contributed by atoms with E-state index in [4.69, 9.17) is 9.47 Å². The number of aromatic nitrogens is 1. The Morgan fingerprint density at radius 2 is 1.94 bits per heavy atom. The number of anilines is 1. The molecule has 0 saturated carbocycles. The van der Waals surface area contributed by atoms with Crippen molar-refractivity contribution in [1.82, 2.24) is 9.88 Å². The molecule has 160 valence electrons. The molecule has 8 heteroatoms. The van der Waals surface area contributed by atoms with Gasteiger partial charge in [-0.05, 0) is 37.3 Å². The number of amides is 2. The molecule has 0 aliphatic carbocycles. The van der Waals surface area contributed by atoms with Crippen molar-refractivity contribution in [1.29, 1.82) is 0 Å². The lowest BCUT2D eigenvalue weighted by Crippen LogP contribution is -2.42. The van der Waals surface area contributed by atoms with Crippen LogP contribution in [0.2, 0.25) is 0 Å². The first-order chi connectivity index (χ1) is 15.1. The van der Waals surface area contributed by atoms with Crippen LogP contribution in [0.15, 0.2) is 53.9 Å². The van der Waals surface area contributed by atoms with E-state index >= 15 is 0 Å². The summed E-state index contributed by atoms with van der Waals surface area (Å²) in [5.41, 5.74) is 3.49. The highest BCUT2D eigenvalue weighted by Crippen LogP contribution is 2.26. The van der Waals surface area contributed by atoms with Crippen molar-refractivity contribution in [2.45, 2.75) is 6.92 Å². The Labute approximate surface area is 184 Å². The molecule has 0 atom stereocenters. The highest BCUT2D eigenvalue weighted by atomic mass is 32.1. The Morgan fingerprint density at radius 1 is 1.16 bits per heavy atom. The van der Waals surface area contributed by atoms with Crippen LogP contribution in [-0.4, -0.2) is 54.6 Å². The third-order valence-electron chi connectivity index (χ3n) is 4.88. The molecular formula is C23H23N3O4S. The topological polar surface area (TPSA) is 80.8 Å². The molecule has 0 radical (unpaired) electrons. The quantitative estimate of drug-likeness (QED) is 0.637. The van der Waals surface area contributed by atoms with E-state index in [2.05, 4.69) is 16.4 Å². The molecule has 1 aliphatic rings. The average Bonchev–Trinajstić information content (AvgIpc) is 3.27. The van der Waals surface area contributed by atoms with Crippen molar-refractivity contribution in [3.05, 3.63) is 65.0 Å². The number of morpholine rings is 1. The number of hydrogen-bond acceptors (Lipinski definition) is 6. The molecule has 1 saturated heterocycles. The second-order valence-electron chi connectivity index (χ2n) is 7.17. The minimum atomic E-state index is -0.249. The first-order valence-electron chi connectivity index (χ1n) is 10.0. The van der Waals surface area contributed by atoms with Gasteiger partial charge in [-0.2, -0.15) is 0 Å². The molecule has 1 N–H and O–H groups in total. The van der Waals surface area contributed by atoms with Gasteiger partial charge in [-0.1, -0.05) is 23.8 Å². The number of rotatable bonds is 6. The van der Waals surface area contributed by atoms with Crippen molar-refractivity contribution in [2.75, 3.05) is 38.2 Å². The maximum Gasteiger partial charge on any atom is 0.260 e. The Kier molecular flexibility index (Phi) is 6.59. The summed E-state index contributed by atoms with van der Waals surface area (Å²) in [6, 6.07) is 14.8. The molecule has 0 bridgehead atoms. The van der Waals surface area contributed by atoms with Crippen molar-refractivity contribution >= 4 is 28.3 Å². The molecule has 4 rings (SSSR count). The monoisotopic (exact) mass is 437 g/mol. The van der Waals surface area contributed by atoms with Gasteiger partial charge in [0.15, 0.2) is 11.7 Å². The molecule has 1 aromatic heterocycles. The van der Waals surface area contributed by atoms with Gasteiger partial charge in [0.05, 0.1) is 18.9 Å². The van der Waals surface area contributed by atoms with E-state index in [1.54, 1.807) is 29.2 Å². The predicted octanol–water partition coefficient (Wildman–Crippen LogP) is 3.61. The largest absolute Gasteiger partial charge is 0.484 e. The van der Waals surface area contributed by atoms with E-state index in [0.717, 1.165) is 16.8 Å². The number of benzene rings is 2. The maximum atomic E-state index is 12.5. The van der Waals surface area contributed by atoms with E-state index in [9.17, 15) is 9.59 Å². The highest BCUT2D eigenvalue weighted by Gasteiger charge is 2.17. The molecule has 2 aromatic carbocycles. The van der Waals surface area contributed by atoms with Crippen LogP contribution >= 0.6 is 11.3 Å². The van der Waals surface area contributed by atoms with Crippen LogP contribution in [0.25, 0.3) is 11.3 Å². The second-order valence-corrected chi connectivity index (χ2v) is 8.03. The second kappa shape index (κ2) is 9.72. The van der Waals surface area contributed by atoms with Crippen LogP contribution in [-0.2, 0) is 9.53 Å². The van der Waals surface area contributed by atoms with Gasteiger partial charge >= 0.3 is 0 Å². The van der Waals surface area contributed by atoms with Crippen LogP contribution in [0, 0.1) is 6.92 Å². The third-order valence-corrected chi connectivity index (χ3v) is 5.64. The molecule has 2 heterocycles. The number of aryl methyl sites for hydroxylation is 1. The minimum absolute atomic E-state index is 0.0353. The van der Waals surface area contributed by atoms with Crippen LogP contribution < -0.4 is 10.1 Å². The van der Waals surface area contributed by atoms with E-state index in [0.29, 0.717) is 42.7 Å². The molecule has 1 aliphatic heterocycles. The molecule has 3 aromatic rings. The molecule has 0 spiro atoms. The van der Waals surface area contributed by atoms with E-state index in [-0.39, 0.29) is 18.4 Å². The van der Waals surface area contributed by atoms with Gasteiger partial charge in [0, 0.05) is 29.6 Å². The number of carbonyl (C=O) groups excluding carboxylic acids is 2. The highest BCUT2D eigenvalue weighted by molar-refractivity contribution is 7.14. The fourth-order valence-corrected chi connectivity index (χ4v) is 3.90. The van der Waals surface area contributed by atoms with Crippen LogP contribution in [0.5, 0.6) is 5.75 Å². The Hall–Kier alpha value is -3.23. The van der Waals surface area contributed by atoms with Gasteiger partial charge in [0.25, 0.3) is 11.8 Å². The summed E-state index contributed by atoms with van der Waals surface area (Å²) in [5, 5.41) is 5.29. The van der Waals surface area contributed by atoms with Crippen LogP contribution in [0.3, 0.4) is 0 Å². The first kappa shape index (κ1) is 21.0. The smallest absolute Gasteiger partial charge is 0.260 e. The number of thiazole rings is 1. The van der Waals surface area contributed by atoms with Crippen molar-refractivity contribution in [3.63, 3.8) is 0 Å². The van der Waals surface area contributed by atoms with Crippen molar-refractivity contribution < 1.29 is 19.1 Å². The summed E-state index contributed by atoms with van der Waals surface area (Å²) < 4.78 is 10.8. The Bertz CT molecular complexity index is 1060. The molecule has 7 nitrogen and oxygen atoms in total. The Balaban J connectivity index is 1.32. The number of ether oxygens (including phenoxy) is 2. The van der Waals surface area contributed by atoms with Gasteiger partial charge < -0.3 is 14.4 Å². The zero-order valence-electron chi connectivity index (χ0n) is 17.2. The normalized spacial score (nSPS) is 13.6. The number of nitrogens with one attached hydrogen (secondary N) is 1. The molecule has 1 fully saturated rings. The third kappa shape index (κ3) is 5.48. The van der Waals surface area contributed by atoms with Crippen molar-refractivity contribution in [3.8, 4) is 17.0 Å². The summed E-state index contributed by atoms with van der Waals surface area (Å²) in [7, 11) is 0. The zero-order valence-corrected chi connectivity index (χ0v) is 18.0. The molecule has 31 heavy (non-hydrogen) atoms. The number of nitrogens with zero attached hydrogens (tertiary/aromatic N) is 2. The summed E-state index contributed by atoms with van der Waals surface area (Å²) in [6.07, 6.45) is 0. The first-order valence-corrected chi connectivity index (χ1v) is 10.9. The van der Waals surface area contributed by atoms with Gasteiger partial charge in [-0.25, -0.2) is 4.98 Å². The van der Waals surface area contributed by atoms with E-state index in [1.165, 1.54) is 11.3 Å². The van der Waals surface area contributed by atoms with E-state index in [1.807, 2.05) is 30.5 Å². The lowest BCUT2D eigenvalue weighted by atomic mass is 10.1. The van der Waals surface area contributed by atoms with Crippen LogP contribution in [0.4, 0.5) is 5.13 Å². The van der Waals surface area contributed by atoms with Crippen molar-refractivity contribution in [2.24, 2.45) is 0 Å². The molecular weight excluding hydrogens is 414 g/mol. The summed E-state index contributed by atoms with van der Waals surface area (Å²) in [6.45, 7) is 4.28. The molecule has 2 amide bonds. The van der Waals surface area contributed by atoms with Gasteiger partial charge in [0.1, 0.15) is 5.75 Å². The molecule has 0 unspecified atom stereocenters. The number of hydrogen-bond donors (Lipinski definition) is 1. The fraction of sp³-hybridized carbons (Fsp3) is 0.261. The summed E-state index contributed by atoms with van der Waals surface area (Å²) in [4.78, 5) is 30.9. The number of carbonyl (C=O) groups is 2. The zero-order chi connectivity index (χ0) is 21.6.